The van der Waals surface area contributed by atoms with Crippen LogP contribution in [0.1, 0.15) is 67.2 Å². The van der Waals surface area contributed by atoms with E-state index in [0.717, 1.165) is 32.0 Å². The first-order chi connectivity index (χ1) is 9.17. The van der Waals surface area contributed by atoms with Crippen molar-refractivity contribution in [3.63, 3.8) is 0 Å². The highest BCUT2D eigenvalue weighted by atomic mass is 32.2. The van der Waals surface area contributed by atoms with Crippen molar-refractivity contribution in [2.24, 2.45) is 0 Å². The largest absolute Gasteiger partial charge is 0.476 e. The van der Waals surface area contributed by atoms with E-state index in [0.29, 0.717) is 0 Å². The van der Waals surface area contributed by atoms with Gasteiger partial charge in [0.2, 0.25) is 4.93 Å². The Labute approximate surface area is 132 Å². The van der Waals surface area contributed by atoms with Gasteiger partial charge in [0.05, 0.1) is 6.26 Å². The second-order valence-electron chi connectivity index (χ2n) is 6.56. The highest BCUT2D eigenvalue weighted by Gasteiger charge is 2.40. The lowest BCUT2D eigenvalue weighted by molar-refractivity contribution is -0.118. The molecule has 0 radical (unpaired) electrons. The lowest BCUT2D eigenvalue weighted by Crippen LogP contribution is -2.36. The quantitative estimate of drug-likeness (QED) is 0.589. The molecule has 0 aromatic carbocycles. The molecule has 1 unspecified atom stereocenters. The Hall–Kier alpha value is -0.0900. The molecule has 116 valence electrons. The number of rotatable bonds is 7. The minimum atomic E-state index is -0.695. The highest BCUT2D eigenvalue weighted by Crippen LogP contribution is 2.47. The Morgan fingerprint density at radius 3 is 2.25 bits per heavy atom. The second kappa shape index (κ2) is 6.78. The Kier molecular flexibility index (Phi) is 6.09. The fraction of sp³-hybridized carbons (Fsp3) is 0.812. The summed E-state index contributed by atoms with van der Waals surface area (Å²) in [4.78, 5) is 12.1. The smallest absolute Gasteiger partial charge is 0.209 e. The highest BCUT2D eigenvalue weighted by molar-refractivity contribution is 8.04. The van der Waals surface area contributed by atoms with Crippen molar-refractivity contribution in [3.8, 4) is 0 Å². The Morgan fingerprint density at radius 2 is 1.85 bits per heavy atom. The number of thioether (sulfide) groups is 2. The number of hydrogen-bond acceptors (Lipinski definition) is 4. The van der Waals surface area contributed by atoms with Crippen LogP contribution in [0, 0.1) is 0 Å². The van der Waals surface area contributed by atoms with Crippen molar-refractivity contribution in [2.45, 2.75) is 81.7 Å². The van der Waals surface area contributed by atoms with Gasteiger partial charge in [-0.3, -0.25) is 4.79 Å². The average Bonchev–Trinajstić information content (AvgIpc) is 2.41. The maximum Gasteiger partial charge on any atom is 0.209 e. The molecule has 0 saturated carbocycles. The fourth-order valence-corrected chi connectivity index (χ4v) is 4.39. The van der Waals surface area contributed by atoms with Gasteiger partial charge in [-0.1, -0.05) is 41.5 Å². The van der Waals surface area contributed by atoms with Crippen molar-refractivity contribution in [1.82, 2.24) is 0 Å². The van der Waals surface area contributed by atoms with Crippen LogP contribution in [0.2, 0.25) is 0 Å². The number of carbonyl (C=O) groups excluding carboxylic acids is 1. The fourth-order valence-electron chi connectivity index (χ4n) is 1.81. The van der Waals surface area contributed by atoms with Crippen LogP contribution in [0.5, 0.6) is 0 Å². The van der Waals surface area contributed by atoms with E-state index in [1.54, 1.807) is 11.8 Å². The molecule has 1 heterocycles. The third-order valence-electron chi connectivity index (χ3n) is 3.85. The number of ether oxygens (including phenoxy) is 1. The summed E-state index contributed by atoms with van der Waals surface area (Å²) < 4.78 is 6.15. The van der Waals surface area contributed by atoms with Gasteiger partial charge in [-0.25, -0.2) is 0 Å². The predicted molar refractivity (Wildman–Crippen MR) is 91.1 cm³/mol. The summed E-state index contributed by atoms with van der Waals surface area (Å²) in [6.45, 7) is 13.2. The van der Waals surface area contributed by atoms with E-state index in [2.05, 4.69) is 41.5 Å². The molecule has 0 fully saturated rings. The van der Waals surface area contributed by atoms with Crippen molar-refractivity contribution in [1.29, 1.82) is 0 Å². The van der Waals surface area contributed by atoms with E-state index < -0.39 is 4.93 Å². The topological polar surface area (TPSA) is 26.3 Å². The van der Waals surface area contributed by atoms with E-state index >= 15 is 0 Å². The van der Waals surface area contributed by atoms with Gasteiger partial charge >= 0.3 is 0 Å². The zero-order chi connectivity index (χ0) is 15.4. The zero-order valence-corrected chi connectivity index (χ0v) is 15.2. The van der Waals surface area contributed by atoms with Crippen molar-refractivity contribution in [2.75, 3.05) is 0 Å². The molecule has 1 aliphatic rings. The summed E-state index contributed by atoms with van der Waals surface area (Å²) in [5, 5.41) is 0. The van der Waals surface area contributed by atoms with Crippen LogP contribution in [0.15, 0.2) is 11.2 Å². The molecule has 0 aromatic heterocycles. The van der Waals surface area contributed by atoms with Gasteiger partial charge in [-0.15, -0.1) is 23.5 Å². The van der Waals surface area contributed by atoms with E-state index in [1.165, 1.54) is 4.91 Å². The lowest BCUT2D eigenvalue weighted by atomic mass is 10.1. The van der Waals surface area contributed by atoms with Gasteiger partial charge in [0.1, 0.15) is 0 Å². The van der Waals surface area contributed by atoms with Gasteiger partial charge < -0.3 is 4.74 Å². The first-order valence-corrected chi connectivity index (χ1v) is 9.03. The number of hydrogen-bond donors (Lipinski definition) is 0. The molecule has 4 heteroatoms. The Balaban J connectivity index is 2.74. The molecule has 2 nitrogen and oxygen atoms in total. The van der Waals surface area contributed by atoms with Crippen LogP contribution >= 0.6 is 23.5 Å². The second-order valence-corrected chi connectivity index (χ2v) is 10.4. The lowest BCUT2D eigenvalue weighted by Gasteiger charge is -2.38. The Bertz CT molecular complexity index is 375. The molecule has 0 N–H and O–H groups in total. The minimum absolute atomic E-state index is 0.0576. The normalized spacial score (nSPS) is 24.0. The predicted octanol–water partition coefficient (Wildman–Crippen LogP) is 5.38. The van der Waals surface area contributed by atoms with Crippen molar-refractivity contribution >= 4 is 29.8 Å². The zero-order valence-electron chi connectivity index (χ0n) is 13.6. The number of aldehydes is 1. The van der Waals surface area contributed by atoms with Crippen LogP contribution in [0.4, 0.5) is 0 Å². The maximum absolute atomic E-state index is 11.5. The van der Waals surface area contributed by atoms with Crippen molar-refractivity contribution < 1.29 is 9.53 Å². The van der Waals surface area contributed by atoms with Crippen LogP contribution in [0.25, 0.3) is 0 Å². The maximum atomic E-state index is 11.5. The summed E-state index contributed by atoms with van der Waals surface area (Å²) in [6, 6.07) is 0. The first-order valence-electron chi connectivity index (χ1n) is 7.40. The van der Waals surface area contributed by atoms with E-state index in [9.17, 15) is 4.79 Å². The monoisotopic (exact) mass is 316 g/mol. The molecule has 1 atom stereocenters. The molecule has 0 bridgehead atoms. The molecule has 20 heavy (non-hydrogen) atoms. The Morgan fingerprint density at radius 1 is 1.25 bits per heavy atom. The molecule has 1 rings (SSSR count). The first kappa shape index (κ1) is 18.0. The van der Waals surface area contributed by atoms with Crippen molar-refractivity contribution in [3.05, 3.63) is 11.2 Å². The van der Waals surface area contributed by atoms with E-state index in [-0.39, 0.29) is 9.49 Å². The van der Waals surface area contributed by atoms with Gasteiger partial charge in [-0.05, 0) is 19.3 Å². The van der Waals surface area contributed by atoms with Gasteiger partial charge in [-0.2, -0.15) is 0 Å². The molecule has 0 aliphatic carbocycles. The van der Waals surface area contributed by atoms with Gasteiger partial charge in [0, 0.05) is 20.8 Å². The third-order valence-corrected chi connectivity index (χ3v) is 6.84. The third kappa shape index (κ3) is 5.03. The van der Waals surface area contributed by atoms with E-state index in [1.807, 2.05) is 18.0 Å². The molecular formula is C16H28O2S2. The van der Waals surface area contributed by atoms with Gasteiger partial charge in [0.15, 0.2) is 6.29 Å². The average molecular weight is 317 g/mol. The number of carbonyl (C=O) groups is 1. The molecule has 0 saturated heterocycles. The summed E-state index contributed by atoms with van der Waals surface area (Å²) >= 11 is 3.52. The number of allylic oxidation sites excluding steroid dienone is 1. The summed E-state index contributed by atoms with van der Waals surface area (Å²) in [6.07, 6.45) is 6.63. The standard InChI is InChI=1S/C16H28O2S2/c1-7-14(3,4)19-13-9-10-16(12-17,18-11-13)20-15(5,6)8-2/h11-12H,7-10H2,1-6H3. The molecule has 1 aliphatic heterocycles. The molecule has 0 amide bonds. The van der Waals surface area contributed by atoms with Crippen LogP contribution < -0.4 is 0 Å². The SMILES string of the molecule is CCC(C)(C)SC1=COC(C=O)(SC(C)(C)CC)CC1. The summed E-state index contributed by atoms with van der Waals surface area (Å²) in [7, 11) is 0. The summed E-state index contributed by atoms with van der Waals surface area (Å²) in [5.74, 6) is 0. The summed E-state index contributed by atoms with van der Waals surface area (Å²) in [5.41, 5.74) is 0. The molecule has 0 spiro atoms. The van der Waals surface area contributed by atoms with E-state index in [4.69, 9.17) is 4.74 Å². The van der Waals surface area contributed by atoms with Crippen LogP contribution in [-0.4, -0.2) is 20.7 Å². The van der Waals surface area contributed by atoms with Crippen LogP contribution in [-0.2, 0) is 9.53 Å². The molecule has 0 aromatic rings. The van der Waals surface area contributed by atoms with Crippen LogP contribution in [0.3, 0.4) is 0 Å². The van der Waals surface area contributed by atoms with Gasteiger partial charge in [0.25, 0.3) is 0 Å². The molecular weight excluding hydrogens is 288 g/mol. The minimum Gasteiger partial charge on any atom is -0.476 e.